The number of phenols is 1. The maximum Gasteiger partial charge on any atom is 0.117 e. The Hall–Kier alpha value is -1.55. The number of hydrogen-bond donors (Lipinski definition) is 3. The minimum atomic E-state index is 0.104. The van der Waals surface area contributed by atoms with Crippen LogP contribution in [0.15, 0.2) is 18.2 Å². The molecule has 2 rings (SSSR count). The fourth-order valence-electron chi connectivity index (χ4n) is 1.53. The van der Waals surface area contributed by atoms with Gasteiger partial charge in [-0.15, -0.1) is 0 Å². The molecule has 74 valence electrons. The van der Waals surface area contributed by atoms with Gasteiger partial charge >= 0.3 is 0 Å². The first kappa shape index (κ1) is 9.02. The van der Waals surface area contributed by atoms with Crippen molar-refractivity contribution in [2.45, 2.75) is 19.4 Å². The lowest BCUT2D eigenvalue weighted by Crippen LogP contribution is -2.18. The Balaban J connectivity index is 2.47. The summed E-state index contributed by atoms with van der Waals surface area (Å²) >= 11 is 0. The molecule has 0 aliphatic heterocycles. The van der Waals surface area contributed by atoms with E-state index in [-0.39, 0.29) is 11.8 Å². The zero-order valence-corrected chi connectivity index (χ0v) is 7.99. The van der Waals surface area contributed by atoms with Crippen LogP contribution in [0.3, 0.4) is 0 Å². The molecule has 1 aromatic carbocycles. The Morgan fingerprint density at radius 3 is 3.07 bits per heavy atom. The molecule has 4 heteroatoms. The molecule has 0 fully saturated rings. The summed E-state index contributed by atoms with van der Waals surface area (Å²) < 4.78 is 0. The molecule has 0 spiro atoms. The molecule has 0 unspecified atom stereocenters. The average Bonchev–Trinajstić information content (AvgIpc) is 2.47. The van der Waals surface area contributed by atoms with Crippen molar-refractivity contribution in [2.75, 3.05) is 0 Å². The Morgan fingerprint density at radius 1 is 1.57 bits per heavy atom. The van der Waals surface area contributed by atoms with Crippen LogP contribution in [0.5, 0.6) is 5.75 Å². The van der Waals surface area contributed by atoms with Crippen LogP contribution in [-0.4, -0.2) is 21.3 Å². The lowest BCUT2D eigenvalue weighted by atomic mass is 10.1. The standard InChI is InChI=1S/C10H13N3O/c1-6(11)4-9-8-3-2-7(14)5-10(8)13-12-9/h2-3,5-6,14H,4,11H2,1H3,(H,12,13)/t6-/m0/s1. The van der Waals surface area contributed by atoms with Gasteiger partial charge in [-0.3, -0.25) is 5.10 Å². The predicted octanol–water partition coefficient (Wildman–Crippen LogP) is 1.16. The molecule has 0 bridgehead atoms. The number of aromatic hydroxyl groups is 1. The van der Waals surface area contributed by atoms with E-state index < -0.39 is 0 Å². The lowest BCUT2D eigenvalue weighted by molar-refractivity contribution is 0.476. The minimum absolute atomic E-state index is 0.104. The topological polar surface area (TPSA) is 74.9 Å². The van der Waals surface area contributed by atoms with Crippen LogP contribution >= 0.6 is 0 Å². The van der Waals surface area contributed by atoms with Gasteiger partial charge in [-0.2, -0.15) is 5.10 Å². The highest BCUT2D eigenvalue weighted by Gasteiger charge is 2.07. The minimum Gasteiger partial charge on any atom is -0.508 e. The van der Waals surface area contributed by atoms with Gasteiger partial charge in [-0.05, 0) is 19.1 Å². The van der Waals surface area contributed by atoms with E-state index in [0.717, 1.165) is 23.0 Å². The molecule has 0 aliphatic carbocycles. The van der Waals surface area contributed by atoms with E-state index in [0.29, 0.717) is 0 Å². The van der Waals surface area contributed by atoms with Crippen LogP contribution < -0.4 is 5.73 Å². The summed E-state index contributed by atoms with van der Waals surface area (Å²) in [5.74, 6) is 0.233. The fraction of sp³-hybridized carbons (Fsp3) is 0.300. The van der Waals surface area contributed by atoms with Crippen LogP contribution in [0.2, 0.25) is 0 Å². The van der Waals surface area contributed by atoms with E-state index in [1.54, 1.807) is 12.1 Å². The third-order valence-corrected chi connectivity index (χ3v) is 2.14. The van der Waals surface area contributed by atoms with Gasteiger partial charge in [0.2, 0.25) is 0 Å². The molecule has 0 aliphatic rings. The second-order valence-electron chi connectivity index (χ2n) is 3.59. The molecule has 1 atom stereocenters. The summed E-state index contributed by atoms with van der Waals surface area (Å²) in [4.78, 5) is 0. The molecule has 1 heterocycles. The largest absolute Gasteiger partial charge is 0.508 e. The Kier molecular flexibility index (Phi) is 2.13. The Bertz CT molecular complexity index is 448. The summed E-state index contributed by atoms with van der Waals surface area (Å²) in [6.07, 6.45) is 0.765. The van der Waals surface area contributed by atoms with E-state index in [4.69, 9.17) is 5.73 Å². The molecule has 0 radical (unpaired) electrons. The van der Waals surface area contributed by atoms with Crippen LogP contribution in [0.25, 0.3) is 10.9 Å². The molecule has 0 saturated carbocycles. The number of nitrogens with zero attached hydrogens (tertiary/aromatic N) is 1. The SMILES string of the molecule is C[C@H](N)Cc1[nH]nc2cc(O)ccc12. The van der Waals surface area contributed by atoms with E-state index in [9.17, 15) is 5.11 Å². The predicted molar refractivity (Wildman–Crippen MR) is 55.1 cm³/mol. The smallest absolute Gasteiger partial charge is 0.117 e. The summed E-state index contributed by atoms with van der Waals surface area (Å²) in [6.45, 7) is 1.95. The van der Waals surface area contributed by atoms with Crippen molar-refractivity contribution in [3.05, 3.63) is 23.9 Å². The number of nitrogens with two attached hydrogens (primary N) is 1. The number of hydrogen-bond acceptors (Lipinski definition) is 3. The van der Waals surface area contributed by atoms with Crippen molar-refractivity contribution in [1.82, 2.24) is 10.2 Å². The first-order valence-corrected chi connectivity index (χ1v) is 4.58. The highest BCUT2D eigenvalue weighted by Crippen LogP contribution is 2.21. The van der Waals surface area contributed by atoms with E-state index in [2.05, 4.69) is 10.2 Å². The number of rotatable bonds is 2. The number of H-pyrrole nitrogens is 1. The van der Waals surface area contributed by atoms with Gasteiger partial charge in [0.15, 0.2) is 0 Å². The van der Waals surface area contributed by atoms with Crippen molar-refractivity contribution in [3.63, 3.8) is 0 Å². The van der Waals surface area contributed by atoms with Gasteiger partial charge in [0, 0.05) is 29.6 Å². The Morgan fingerprint density at radius 2 is 2.36 bits per heavy atom. The average molecular weight is 191 g/mol. The molecule has 4 nitrogen and oxygen atoms in total. The van der Waals surface area contributed by atoms with Gasteiger partial charge in [0.25, 0.3) is 0 Å². The van der Waals surface area contributed by atoms with Crippen LogP contribution in [0.1, 0.15) is 12.6 Å². The van der Waals surface area contributed by atoms with E-state index >= 15 is 0 Å². The van der Waals surface area contributed by atoms with Gasteiger partial charge < -0.3 is 10.8 Å². The number of nitrogens with one attached hydrogen (secondary N) is 1. The monoisotopic (exact) mass is 191 g/mol. The number of phenolic OH excluding ortho intramolecular Hbond substituents is 1. The lowest BCUT2D eigenvalue weighted by Gasteiger charge is -2.01. The molecule has 0 amide bonds. The maximum atomic E-state index is 9.24. The number of fused-ring (bicyclic) bond motifs is 1. The first-order valence-electron chi connectivity index (χ1n) is 4.58. The van der Waals surface area contributed by atoms with Crippen molar-refractivity contribution in [1.29, 1.82) is 0 Å². The zero-order chi connectivity index (χ0) is 10.1. The molecule has 1 aromatic heterocycles. The van der Waals surface area contributed by atoms with Crippen molar-refractivity contribution in [2.24, 2.45) is 5.73 Å². The summed E-state index contributed by atoms with van der Waals surface area (Å²) in [7, 11) is 0. The van der Waals surface area contributed by atoms with E-state index in [1.807, 2.05) is 13.0 Å². The molecule has 2 aromatic rings. The van der Waals surface area contributed by atoms with Crippen molar-refractivity contribution in [3.8, 4) is 5.75 Å². The van der Waals surface area contributed by atoms with Crippen LogP contribution in [0.4, 0.5) is 0 Å². The van der Waals surface area contributed by atoms with Gasteiger partial charge in [0.1, 0.15) is 5.75 Å². The summed E-state index contributed by atoms with van der Waals surface area (Å²) in [6, 6.07) is 5.25. The molecular formula is C10H13N3O. The molecule has 14 heavy (non-hydrogen) atoms. The van der Waals surface area contributed by atoms with Crippen molar-refractivity contribution < 1.29 is 5.11 Å². The van der Waals surface area contributed by atoms with E-state index in [1.165, 1.54) is 0 Å². The highest BCUT2D eigenvalue weighted by atomic mass is 16.3. The fourth-order valence-corrected chi connectivity index (χ4v) is 1.53. The van der Waals surface area contributed by atoms with Crippen LogP contribution in [-0.2, 0) is 6.42 Å². The second kappa shape index (κ2) is 3.31. The van der Waals surface area contributed by atoms with Crippen molar-refractivity contribution >= 4 is 10.9 Å². The molecular weight excluding hydrogens is 178 g/mol. The molecule has 4 N–H and O–H groups in total. The second-order valence-corrected chi connectivity index (χ2v) is 3.59. The summed E-state index contributed by atoms with van der Waals surface area (Å²) in [5.41, 5.74) is 7.51. The quantitative estimate of drug-likeness (QED) is 0.666. The number of aromatic amines is 1. The normalized spacial score (nSPS) is 13.3. The van der Waals surface area contributed by atoms with Gasteiger partial charge in [-0.25, -0.2) is 0 Å². The zero-order valence-electron chi connectivity index (χ0n) is 7.99. The third kappa shape index (κ3) is 1.56. The van der Waals surface area contributed by atoms with Crippen LogP contribution in [0, 0.1) is 0 Å². The highest BCUT2D eigenvalue weighted by molar-refractivity contribution is 5.82. The first-order chi connectivity index (χ1) is 6.66. The maximum absolute atomic E-state index is 9.24. The number of benzene rings is 1. The molecule has 0 saturated heterocycles. The summed E-state index contributed by atoms with van der Waals surface area (Å²) in [5, 5.41) is 17.3. The van der Waals surface area contributed by atoms with Gasteiger partial charge in [0.05, 0.1) is 5.52 Å². The van der Waals surface area contributed by atoms with Gasteiger partial charge in [-0.1, -0.05) is 0 Å². The third-order valence-electron chi connectivity index (χ3n) is 2.14. The Labute approximate surface area is 81.7 Å². The number of aromatic nitrogens is 2.